The third-order valence-electron chi connectivity index (χ3n) is 17.1. The van der Waals surface area contributed by atoms with Gasteiger partial charge in [0.2, 0.25) is 0 Å². The Balaban J connectivity index is 1.48. The van der Waals surface area contributed by atoms with E-state index in [2.05, 4.69) is 106 Å². The normalized spacial score (nSPS) is 20.1. The summed E-state index contributed by atoms with van der Waals surface area (Å²) >= 11 is 0. The molecule has 75 heavy (non-hydrogen) atoms. The third kappa shape index (κ3) is 11.8. The predicted molar refractivity (Wildman–Crippen MR) is 305 cm³/mol. The molecule has 1 amide bonds. The smallest absolute Gasteiger partial charge is 0.410 e. The molecule has 15 heteroatoms. The molecule has 10 nitrogen and oxygen atoms in total. The first-order valence-electron chi connectivity index (χ1n) is 28.0. The summed E-state index contributed by atoms with van der Waals surface area (Å²) in [5, 5.41) is 1.06. The van der Waals surface area contributed by atoms with Crippen LogP contribution in [-0.2, 0) is 9.47 Å². The van der Waals surface area contributed by atoms with E-state index < -0.39 is 39.4 Å². The van der Waals surface area contributed by atoms with E-state index in [0.717, 1.165) is 51.7 Å². The Morgan fingerprint density at radius 2 is 1.47 bits per heavy atom. The maximum Gasteiger partial charge on any atom is 0.410 e. The Kier molecular flexibility index (Phi) is 17.8. The molecular weight excluding hydrogens is 984 g/mol. The van der Waals surface area contributed by atoms with Crippen LogP contribution in [0.2, 0.25) is 33.2 Å². The van der Waals surface area contributed by atoms with Crippen LogP contribution >= 0.6 is 0 Å². The van der Waals surface area contributed by atoms with Gasteiger partial charge in [0.1, 0.15) is 42.4 Å². The van der Waals surface area contributed by atoms with Gasteiger partial charge in [-0.2, -0.15) is 9.97 Å². The highest BCUT2D eigenvalue weighted by molar-refractivity contribution is 6.90. The summed E-state index contributed by atoms with van der Waals surface area (Å²) < 4.78 is 78.7. The molecule has 0 spiro atoms. The monoisotopic (exact) mass is 1070 g/mol. The van der Waals surface area contributed by atoms with E-state index in [0.29, 0.717) is 42.0 Å². The standard InChI is InChI=1S/C60H88F3N5O5Si2/c1-37(2)74(38(3)4,39(5)6)29-24-47-50(61)23-20-43-30-46(73-75(40(7)8,41(9)10)42(11)12)31-48(52(43)47)53-51(62)32-49-55(54(53)63)64-57(71-36-60(16)25-18-19-26-66(35-60)27-28-70-17)65-56(49)67-33-44-21-22-45(34-67)68(44)58(69)72-59(13,14)15/h20,23,30-32,37-42,44-45H,18-19,21-22,25-28,33-36H2,1-17H3/t44-,45+,60?. The summed E-state index contributed by atoms with van der Waals surface area (Å²) in [6, 6.07) is 7.57. The highest BCUT2D eigenvalue weighted by Gasteiger charge is 2.48. The first-order valence-corrected chi connectivity index (χ1v) is 32.3. The molecule has 412 valence electrons. The van der Waals surface area contributed by atoms with Gasteiger partial charge in [0.25, 0.3) is 8.32 Å². The van der Waals surface area contributed by atoms with Gasteiger partial charge in [-0.05, 0) is 116 Å². The summed E-state index contributed by atoms with van der Waals surface area (Å²) in [5.74, 6) is 1.84. The molecule has 3 aliphatic heterocycles. The first kappa shape index (κ1) is 58.3. The zero-order valence-electron chi connectivity index (χ0n) is 48.4. The summed E-state index contributed by atoms with van der Waals surface area (Å²) in [6.45, 7) is 38.3. The first-order chi connectivity index (χ1) is 35.2. The number of ether oxygens (including phenoxy) is 3. The van der Waals surface area contributed by atoms with E-state index in [9.17, 15) is 4.79 Å². The number of likely N-dealkylation sites (tertiary alicyclic amines) is 1. The van der Waals surface area contributed by atoms with Gasteiger partial charge in [0.15, 0.2) is 5.82 Å². The zero-order valence-corrected chi connectivity index (χ0v) is 50.4. The zero-order chi connectivity index (χ0) is 55.1. The van der Waals surface area contributed by atoms with Gasteiger partial charge in [0.05, 0.1) is 36.4 Å². The molecule has 3 saturated heterocycles. The maximum atomic E-state index is 18.6. The van der Waals surface area contributed by atoms with E-state index >= 15 is 13.2 Å². The minimum Gasteiger partial charge on any atom is -0.543 e. The van der Waals surface area contributed by atoms with Gasteiger partial charge in [-0.3, -0.25) is 4.90 Å². The van der Waals surface area contributed by atoms with E-state index in [4.69, 9.17) is 28.6 Å². The van der Waals surface area contributed by atoms with E-state index in [1.54, 1.807) is 19.2 Å². The summed E-state index contributed by atoms with van der Waals surface area (Å²) in [7, 11) is -3.34. The lowest BCUT2D eigenvalue weighted by atomic mass is 9.86. The fraction of sp³-hybridized carbons (Fsp3) is 0.650. The van der Waals surface area contributed by atoms with Crippen molar-refractivity contribution < 1.29 is 36.6 Å². The van der Waals surface area contributed by atoms with Crippen molar-refractivity contribution in [3.8, 4) is 34.4 Å². The lowest BCUT2D eigenvalue weighted by Crippen LogP contribution is -2.57. The summed E-state index contributed by atoms with van der Waals surface area (Å²) in [5.41, 5.74) is 3.92. The number of anilines is 1. The number of hydrogen-bond acceptors (Lipinski definition) is 9. The van der Waals surface area contributed by atoms with Crippen molar-refractivity contribution in [2.24, 2.45) is 5.41 Å². The summed E-state index contributed by atoms with van der Waals surface area (Å²) in [6.07, 6.45) is 4.10. The van der Waals surface area contributed by atoms with Gasteiger partial charge >= 0.3 is 12.1 Å². The molecule has 7 rings (SSSR count). The van der Waals surface area contributed by atoms with Crippen LogP contribution in [0.5, 0.6) is 11.8 Å². The fourth-order valence-electron chi connectivity index (χ4n) is 13.7. The number of hydrogen-bond donors (Lipinski definition) is 0. The molecule has 1 aromatic heterocycles. The fourth-order valence-corrected chi connectivity index (χ4v) is 24.1. The van der Waals surface area contributed by atoms with E-state index in [-0.39, 0.29) is 97.0 Å². The average Bonchev–Trinajstić information content (AvgIpc) is 3.45. The molecule has 3 aliphatic rings. The number of methoxy groups -OCH3 is 1. The van der Waals surface area contributed by atoms with Crippen molar-refractivity contribution in [3.05, 3.63) is 53.3 Å². The number of benzene rings is 3. The van der Waals surface area contributed by atoms with Crippen LogP contribution in [0.3, 0.4) is 0 Å². The molecule has 0 radical (unpaired) electrons. The van der Waals surface area contributed by atoms with Gasteiger partial charge in [-0.1, -0.05) is 108 Å². The lowest BCUT2D eigenvalue weighted by molar-refractivity contribution is 0.0122. The molecule has 3 fully saturated rings. The minimum absolute atomic E-state index is 0.0247. The Morgan fingerprint density at radius 1 is 0.840 bits per heavy atom. The van der Waals surface area contributed by atoms with Crippen LogP contribution < -0.4 is 14.1 Å². The van der Waals surface area contributed by atoms with Gasteiger partial charge in [-0.25, -0.2) is 18.0 Å². The van der Waals surface area contributed by atoms with Crippen LogP contribution in [0.4, 0.5) is 23.8 Å². The van der Waals surface area contributed by atoms with Gasteiger partial charge < -0.3 is 28.4 Å². The summed E-state index contributed by atoms with van der Waals surface area (Å²) in [4.78, 5) is 29.8. The molecule has 0 N–H and O–H groups in total. The number of rotatable bonds is 16. The van der Waals surface area contributed by atoms with Crippen molar-refractivity contribution in [1.82, 2.24) is 19.8 Å². The number of piperazine rings is 1. The quantitative estimate of drug-likeness (QED) is 0.0804. The van der Waals surface area contributed by atoms with Crippen LogP contribution in [0.1, 0.15) is 148 Å². The molecule has 1 unspecified atom stereocenters. The molecule has 4 heterocycles. The molecule has 2 bridgehead atoms. The number of fused-ring (bicyclic) bond motifs is 4. The van der Waals surface area contributed by atoms with E-state index in [1.165, 1.54) is 12.1 Å². The largest absolute Gasteiger partial charge is 0.543 e. The molecule has 0 saturated carbocycles. The van der Waals surface area contributed by atoms with Crippen LogP contribution in [-0.4, -0.2) is 113 Å². The number of nitrogens with zero attached hydrogens (tertiary/aromatic N) is 5. The van der Waals surface area contributed by atoms with Gasteiger partial charge in [-0.15, -0.1) is 5.54 Å². The Labute approximate surface area is 449 Å². The Hall–Kier alpha value is -4.37. The van der Waals surface area contributed by atoms with Crippen LogP contribution in [0, 0.1) is 34.3 Å². The number of carbonyl (C=O) groups is 1. The van der Waals surface area contributed by atoms with Crippen molar-refractivity contribution in [2.45, 2.75) is 194 Å². The van der Waals surface area contributed by atoms with Crippen LogP contribution in [0.15, 0.2) is 30.3 Å². The Morgan fingerprint density at radius 3 is 2.04 bits per heavy atom. The molecule has 3 atom stereocenters. The molecule has 0 aliphatic carbocycles. The SMILES string of the molecule is COCCN1CCCCC(C)(COc2nc(N3C[C@H]4CC[C@@H](C3)N4C(=O)OC(C)(C)C)c3cc(F)c(-c4cc(O[Si](C(C)C)(C(C)C)C(C)C)cc5ccc(F)c(C#C[Si](C(C)C)(C(C)C)C(C)C)c45)c(F)c3n2)C1. The van der Waals surface area contributed by atoms with Gasteiger partial charge in [0, 0.05) is 55.0 Å². The maximum absolute atomic E-state index is 18.6. The minimum atomic E-state index is -2.63. The highest BCUT2D eigenvalue weighted by atomic mass is 28.4. The predicted octanol–water partition coefficient (Wildman–Crippen LogP) is 15.1. The van der Waals surface area contributed by atoms with Crippen molar-refractivity contribution in [2.75, 3.05) is 57.9 Å². The van der Waals surface area contributed by atoms with E-state index in [1.807, 2.05) is 36.6 Å². The number of carbonyl (C=O) groups excluding carboxylic acids is 1. The van der Waals surface area contributed by atoms with Crippen molar-refractivity contribution in [1.29, 1.82) is 0 Å². The Bertz CT molecular complexity index is 2710. The molecular formula is C60H88F3N5O5Si2. The number of halogens is 3. The second-order valence-corrected chi connectivity index (χ2v) is 36.3. The second-order valence-electron chi connectivity index (χ2n) is 25.3. The topological polar surface area (TPSA) is 89.5 Å². The second kappa shape index (κ2) is 22.9. The van der Waals surface area contributed by atoms with Crippen molar-refractivity contribution >= 4 is 50.0 Å². The van der Waals surface area contributed by atoms with Crippen molar-refractivity contribution in [3.63, 3.8) is 0 Å². The average molecular weight is 1070 g/mol. The molecule has 4 aromatic rings. The number of aromatic nitrogens is 2. The number of amides is 1. The third-order valence-corrected chi connectivity index (χ3v) is 29.4. The highest BCUT2D eigenvalue weighted by Crippen LogP contribution is 2.48. The lowest BCUT2D eigenvalue weighted by Gasteiger charge is -2.42. The molecule has 3 aromatic carbocycles. The van der Waals surface area contributed by atoms with Crippen LogP contribution in [0.25, 0.3) is 32.8 Å².